The van der Waals surface area contributed by atoms with Crippen LogP contribution in [0.5, 0.6) is 0 Å². The number of hydrogen-bond acceptors (Lipinski definition) is 3. The molecule has 0 bridgehead atoms. The van der Waals surface area contributed by atoms with Crippen LogP contribution in [0.3, 0.4) is 0 Å². The molecule has 0 atom stereocenters. The summed E-state index contributed by atoms with van der Waals surface area (Å²) in [5.74, 6) is -0.389. The van der Waals surface area contributed by atoms with Crippen molar-refractivity contribution in [3.63, 3.8) is 0 Å². The van der Waals surface area contributed by atoms with Gasteiger partial charge in [0.1, 0.15) is 0 Å². The van der Waals surface area contributed by atoms with Crippen LogP contribution < -0.4 is 5.73 Å². The molecule has 0 fully saturated rings. The van der Waals surface area contributed by atoms with E-state index in [0.717, 1.165) is 11.9 Å². The van der Waals surface area contributed by atoms with Crippen LogP contribution in [0.25, 0.3) is 5.69 Å². The van der Waals surface area contributed by atoms with Crippen LogP contribution in [0.1, 0.15) is 5.69 Å². The maximum atomic E-state index is 13.3. The van der Waals surface area contributed by atoms with Crippen molar-refractivity contribution in [1.82, 2.24) is 14.5 Å². The highest BCUT2D eigenvalue weighted by atomic mass is 19.1. The van der Waals surface area contributed by atoms with Gasteiger partial charge in [-0.2, -0.15) is 0 Å². The highest BCUT2D eigenvalue weighted by Crippen LogP contribution is 2.13. The fourth-order valence-corrected chi connectivity index (χ4v) is 1.25. The van der Waals surface area contributed by atoms with E-state index in [9.17, 15) is 4.39 Å². The van der Waals surface area contributed by atoms with Crippen molar-refractivity contribution in [2.75, 3.05) is 0 Å². The first-order valence-electron chi connectivity index (χ1n) is 4.14. The van der Waals surface area contributed by atoms with Crippen LogP contribution in [-0.2, 0) is 6.54 Å². The van der Waals surface area contributed by atoms with Crippen molar-refractivity contribution in [3.05, 3.63) is 42.5 Å². The molecule has 0 radical (unpaired) electrons. The Balaban J connectivity index is 2.54. The molecule has 0 amide bonds. The fraction of sp³-hybridized carbons (Fsp3) is 0.111. The molecule has 0 unspecified atom stereocenters. The summed E-state index contributed by atoms with van der Waals surface area (Å²) < 4.78 is 14.9. The molecule has 72 valence electrons. The number of hydrogen-bond donors (Lipinski definition) is 1. The third kappa shape index (κ3) is 1.38. The average Bonchev–Trinajstić information content (AvgIpc) is 2.66. The molecule has 0 spiro atoms. The molecular weight excluding hydrogens is 183 g/mol. The summed E-state index contributed by atoms with van der Waals surface area (Å²) in [6.07, 6.45) is 5.83. The highest BCUT2D eigenvalue weighted by Gasteiger charge is 2.06. The molecule has 5 heteroatoms. The zero-order valence-corrected chi connectivity index (χ0v) is 7.39. The SMILES string of the molecule is NCc1cncn1-c1ccncc1F. The van der Waals surface area contributed by atoms with E-state index in [1.54, 1.807) is 16.8 Å². The Morgan fingerprint density at radius 3 is 2.93 bits per heavy atom. The molecule has 2 rings (SSSR count). The summed E-state index contributed by atoms with van der Waals surface area (Å²) in [5, 5.41) is 0. The smallest absolute Gasteiger partial charge is 0.165 e. The molecule has 4 nitrogen and oxygen atoms in total. The second-order valence-corrected chi connectivity index (χ2v) is 2.79. The van der Waals surface area contributed by atoms with E-state index in [0.29, 0.717) is 12.2 Å². The van der Waals surface area contributed by atoms with Gasteiger partial charge in [0, 0.05) is 18.9 Å². The standard InChI is InChI=1S/C9H9FN4/c10-8-5-12-2-1-9(8)14-6-13-4-7(14)3-11/h1-2,4-6H,3,11H2. The van der Waals surface area contributed by atoms with Crippen molar-refractivity contribution >= 4 is 0 Å². The Kier molecular flexibility index (Phi) is 2.24. The van der Waals surface area contributed by atoms with Crippen LogP contribution in [0.15, 0.2) is 31.0 Å². The van der Waals surface area contributed by atoms with Gasteiger partial charge in [0.2, 0.25) is 0 Å². The number of nitrogens with two attached hydrogens (primary N) is 1. The zero-order chi connectivity index (χ0) is 9.97. The molecule has 0 aromatic carbocycles. The molecule has 2 aromatic heterocycles. The summed E-state index contributed by atoms with van der Waals surface area (Å²) >= 11 is 0. The third-order valence-electron chi connectivity index (χ3n) is 1.93. The first-order chi connectivity index (χ1) is 6.83. The summed E-state index contributed by atoms with van der Waals surface area (Å²) in [7, 11) is 0. The van der Waals surface area contributed by atoms with Crippen LogP contribution in [0.2, 0.25) is 0 Å². The van der Waals surface area contributed by atoms with Crippen LogP contribution in [0.4, 0.5) is 4.39 Å². The van der Waals surface area contributed by atoms with Gasteiger partial charge in [-0.1, -0.05) is 0 Å². The lowest BCUT2D eigenvalue weighted by Gasteiger charge is -2.06. The van der Waals surface area contributed by atoms with E-state index in [4.69, 9.17) is 5.73 Å². The van der Waals surface area contributed by atoms with E-state index >= 15 is 0 Å². The molecule has 0 saturated heterocycles. The summed E-state index contributed by atoms with van der Waals surface area (Å²) in [6.45, 7) is 0.321. The van der Waals surface area contributed by atoms with Gasteiger partial charge in [0.15, 0.2) is 5.82 Å². The van der Waals surface area contributed by atoms with Gasteiger partial charge >= 0.3 is 0 Å². The minimum Gasteiger partial charge on any atom is -0.325 e. The van der Waals surface area contributed by atoms with Crippen LogP contribution in [0, 0.1) is 5.82 Å². The molecule has 0 aliphatic heterocycles. The first-order valence-corrected chi connectivity index (χ1v) is 4.14. The Morgan fingerprint density at radius 2 is 2.21 bits per heavy atom. The number of imidazole rings is 1. The third-order valence-corrected chi connectivity index (χ3v) is 1.93. The normalized spacial score (nSPS) is 10.4. The molecule has 2 aromatic rings. The average molecular weight is 192 g/mol. The largest absolute Gasteiger partial charge is 0.325 e. The van der Waals surface area contributed by atoms with Gasteiger partial charge in [-0.3, -0.25) is 9.55 Å². The highest BCUT2D eigenvalue weighted by molar-refractivity contribution is 5.32. The predicted octanol–water partition coefficient (Wildman–Crippen LogP) is 0.865. The minimum atomic E-state index is -0.389. The Hall–Kier alpha value is -1.75. The van der Waals surface area contributed by atoms with Gasteiger partial charge in [0.25, 0.3) is 0 Å². The lowest BCUT2D eigenvalue weighted by Crippen LogP contribution is -2.06. The number of nitrogens with zero attached hydrogens (tertiary/aromatic N) is 3. The number of rotatable bonds is 2. The van der Waals surface area contributed by atoms with Crippen LogP contribution >= 0.6 is 0 Å². The van der Waals surface area contributed by atoms with Gasteiger partial charge in [0.05, 0.1) is 23.9 Å². The molecular formula is C9H9FN4. The lowest BCUT2D eigenvalue weighted by atomic mass is 10.3. The monoisotopic (exact) mass is 192 g/mol. The first kappa shape index (κ1) is 8.83. The topological polar surface area (TPSA) is 56.7 Å². The van der Waals surface area contributed by atoms with Crippen molar-refractivity contribution in [2.24, 2.45) is 5.73 Å². The number of aromatic nitrogens is 3. The molecule has 2 heterocycles. The maximum Gasteiger partial charge on any atom is 0.165 e. The van der Waals surface area contributed by atoms with E-state index < -0.39 is 0 Å². The number of halogens is 1. The quantitative estimate of drug-likeness (QED) is 0.767. The molecule has 0 aliphatic rings. The van der Waals surface area contributed by atoms with Gasteiger partial charge in [-0.25, -0.2) is 9.37 Å². The summed E-state index contributed by atoms with van der Waals surface area (Å²) in [6, 6.07) is 1.58. The molecule has 2 N–H and O–H groups in total. The minimum absolute atomic E-state index is 0.321. The number of pyridine rings is 1. The van der Waals surface area contributed by atoms with Crippen molar-refractivity contribution < 1.29 is 4.39 Å². The predicted molar refractivity (Wildman–Crippen MR) is 49.2 cm³/mol. The summed E-state index contributed by atoms with van der Waals surface area (Å²) in [5.41, 5.74) is 6.66. The Morgan fingerprint density at radius 1 is 1.36 bits per heavy atom. The van der Waals surface area contributed by atoms with Crippen LogP contribution in [-0.4, -0.2) is 14.5 Å². The Labute approximate surface area is 80.2 Å². The molecule has 0 aliphatic carbocycles. The molecule has 0 saturated carbocycles. The van der Waals surface area contributed by atoms with Crippen molar-refractivity contribution in [3.8, 4) is 5.69 Å². The lowest BCUT2D eigenvalue weighted by molar-refractivity contribution is 0.609. The second-order valence-electron chi connectivity index (χ2n) is 2.79. The summed E-state index contributed by atoms with van der Waals surface area (Å²) in [4.78, 5) is 7.58. The van der Waals surface area contributed by atoms with E-state index in [2.05, 4.69) is 9.97 Å². The van der Waals surface area contributed by atoms with E-state index in [1.807, 2.05) is 0 Å². The van der Waals surface area contributed by atoms with Gasteiger partial charge in [-0.05, 0) is 6.07 Å². The van der Waals surface area contributed by atoms with Crippen molar-refractivity contribution in [1.29, 1.82) is 0 Å². The Bertz CT molecular complexity index is 438. The zero-order valence-electron chi connectivity index (χ0n) is 7.39. The van der Waals surface area contributed by atoms with E-state index in [1.165, 1.54) is 12.5 Å². The molecule has 14 heavy (non-hydrogen) atoms. The van der Waals surface area contributed by atoms with Crippen molar-refractivity contribution in [2.45, 2.75) is 6.54 Å². The van der Waals surface area contributed by atoms with Gasteiger partial charge in [-0.15, -0.1) is 0 Å². The van der Waals surface area contributed by atoms with E-state index in [-0.39, 0.29) is 5.82 Å². The maximum absolute atomic E-state index is 13.3. The second kappa shape index (κ2) is 3.55. The fourth-order valence-electron chi connectivity index (χ4n) is 1.25. The van der Waals surface area contributed by atoms with Gasteiger partial charge < -0.3 is 5.73 Å².